The van der Waals surface area contributed by atoms with E-state index in [9.17, 15) is 14.4 Å². The summed E-state index contributed by atoms with van der Waals surface area (Å²) in [6.07, 6.45) is 0.908. The summed E-state index contributed by atoms with van der Waals surface area (Å²) in [6, 6.07) is 17.6. The molecule has 3 atom stereocenters. The molecule has 28 heavy (non-hydrogen) atoms. The second-order valence-corrected chi connectivity index (χ2v) is 7.32. The maximum absolute atomic E-state index is 13.0. The number of nitrogens with two attached hydrogens (primary N) is 1. The first-order valence-electron chi connectivity index (χ1n) is 9.45. The second kappa shape index (κ2) is 8.69. The van der Waals surface area contributed by atoms with E-state index in [4.69, 9.17) is 5.73 Å². The Bertz CT molecular complexity index is 839. The molecule has 146 valence electrons. The van der Waals surface area contributed by atoms with E-state index in [0.717, 1.165) is 17.8 Å². The first-order valence-corrected chi connectivity index (χ1v) is 9.45. The largest absolute Gasteiger partial charge is 0.363 e. The van der Waals surface area contributed by atoms with Crippen LogP contribution in [0, 0.1) is 5.92 Å². The molecule has 1 aliphatic heterocycles. The molecule has 2 amide bonds. The summed E-state index contributed by atoms with van der Waals surface area (Å²) >= 11 is 0. The molecule has 0 bridgehead atoms. The predicted octanol–water partition coefficient (Wildman–Crippen LogP) is 1.68. The predicted molar refractivity (Wildman–Crippen MR) is 108 cm³/mol. The van der Waals surface area contributed by atoms with Gasteiger partial charge in [0.15, 0.2) is 0 Å². The highest BCUT2D eigenvalue weighted by Gasteiger charge is 2.37. The molecule has 1 fully saturated rings. The number of hydrogen-bond acceptors (Lipinski definition) is 4. The third-order valence-electron chi connectivity index (χ3n) is 5.06. The number of nitrogens with zero attached hydrogens (tertiary/aromatic N) is 1. The molecule has 1 aliphatic rings. The molecule has 6 heteroatoms. The number of carbonyl (C=O) groups excluding carboxylic acids is 3. The molecule has 0 saturated carbocycles. The average molecular weight is 379 g/mol. The molecular weight excluding hydrogens is 354 g/mol. The summed E-state index contributed by atoms with van der Waals surface area (Å²) < 4.78 is 0. The highest BCUT2D eigenvalue weighted by atomic mass is 16.2. The number of ketones is 1. The Balaban J connectivity index is 1.78. The number of primary amides is 1. The Morgan fingerprint density at radius 1 is 1.07 bits per heavy atom. The standard InChI is InChI=1S/C22H25N3O3/c1-15-12-19(25(14-15)17-10-6-3-7-11-17)22(28)24-18(20(26)21(23)27)13-16-8-4-2-5-9-16/h2-11,15,18-19H,12-14H2,1H3,(H2,23,27)(H,24,28). The number of benzene rings is 2. The van der Waals surface area contributed by atoms with E-state index in [1.807, 2.05) is 65.6 Å². The summed E-state index contributed by atoms with van der Waals surface area (Å²) in [5, 5.41) is 2.78. The van der Waals surface area contributed by atoms with E-state index < -0.39 is 23.8 Å². The van der Waals surface area contributed by atoms with Crippen molar-refractivity contribution in [1.82, 2.24) is 5.32 Å². The molecule has 3 rings (SSSR count). The second-order valence-electron chi connectivity index (χ2n) is 7.32. The highest BCUT2D eigenvalue weighted by Crippen LogP contribution is 2.29. The van der Waals surface area contributed by atoms with Crippen molar-refractivity contribution in [2.75, 3.05) is 11.4 Å². The van der Waals surface area contributed by atoms with Gasteiger partial charge in [-0.2, -0.15) is 0 Å². The molecule has 3 unspecified atom stereocenters. The first-order chi connectivity index (χ1) is 13.5. The molecule has 6 nitrogen and oxygen atoms in total. The molecule has 1 saturated heterocycles. The van der Waals surface area contributed by atoms with Crippen LogP contribution in [0.15, 0.2) is 60.7 Å². The van der Waals surface area contributed by atoms with E-state index in [-0.39, 0.29) is 12.3 Å². The van der Waals surface area contributed by atoms with Gasteiger partial charge >= 0.3 is 0 Å². The third kappa shape index (κ3) is 4.57. The fraction of sp³-hybridized carbons (Fsp3) is 0.318. The monoisotopic (exact) mass is 379 g/mol. The van der Waals surface area contributed by atoms with Crippen LogP contribution in [0.4, 0.5) is 5.69 Å². The molecule has 2 aromatic rings. The fourth-order valence-corrected chi connectivity index (χ4v) is 3.70. The zero-order valence-electron chi connectivity index (χ0n) is 15.9. The van der Waals surface area contributed by atoms with Crippen LogP contribution in [-0.4, -0.2) is 36.2 Å². The number of nitrogens with one attached hydrogen (secondary N) is 1. The van der Waals surface area contributed by atoms with Gasteiger partial charge in [-0.15, -0.1) is 0 Å². The van der Waals surface area contributed by atoms with Gasteiger partial charge in [0, 0.05) is 18.7 Å². The van der Waals surface area contributed by atoms with Crippen LogP contribution < -0.4 is 16.0 Å². The lowest BCUT2D eigenvalue weighted by Crippen LogP contribution is -2.52. The number of Topliss-reactive ketones (excluding diaryl/α,β-unsaturated/α-hetero) is 1. The van der Waals surface area contributed by atoms with Crippen molar-refractivity contribution >= 4 is 23.3 Å². The number of hydrogen-bond donors (Lipinski definition) is 2. The van der Waals surface area contributed by atoms with E-state index in [0.29, 0.717) is 12.3 Å². The zero-order chi connectivity index (χ0) is 20.1. The van der Waals surface area contributed by atoms with Gasteiger partial charge in [-0.05, 0) is 30.0 Å². The molecule has 0 radical (unpaired) electrons. The summed E-state index contributed by atoms with van der Waals surface area (Å²) in [5.41, 5.74) is 7.02. The van der Waals surface area contributed by atoms with Crippen molar-refractivity contribution in [3.8, 4) is 0 Å². The Morgan fingerprint density at radius 2 is 1.68 bits per heavy atom. The lowest BCUT2D eigenvalue weighted by Gasteiger charge is -2.27. The SMILES string of the molecule is CC1CC(C(=O)NC(Cc2ccccc2)C(=O)C(N)=O)N(c2ccccc2)C1. The van der Waals surface area contributed by atoms with Gasteiger partial charge in [0.2, 0.25) is 11.7 Å². The van der Waals surface area contributed by atoms with Gasteiger partial charge in [-0.1, -0.05) is 55.5 Å². The van der Waals surface area contributed by atoms with Crippen LogP contribution in [0.2, 0.25) is 0 Å². The van der Waals surface area contributed by atoms with Gasteiger partial charge in [0.25, 0.3) is 5.91 Å². The maximum Gasteiger partial charge on any atom is 0.287 e. The highest BCUT2D eigenvalue weighted by molar-refractivity contribution is 6.37. The Morgan fingerprint density at radius 3 is 2.29 bits per heavy atom. The topological polar surface area (TPSA) is 92.5 Å². The van der Waals surface area contributed by atoms with Crippen LogP contribution in [0.5, 0.6) is 0 Å². The minimum absolute atomic E-state index is 0.224. The Labute approximate surface area is 164 Å². The summed E-state index contributed by atoms with van der Waals surface area (Å²) in [4.78, 5) is 38.9. The van der Waals surface area contributed by atoms with Crippen LogP contribution in [0.25, 0.3) is 0 Å². The summed E-state index contributed by atoms with van der Waals surface area (Å²) in [7, 11) is 0. The summed E-state index contributed by atoms with van der Waals surface area (Å²) in [6.45, 7) is 2.86. The number of para-hydroxylation sites is 1. The van der Waals surface area contributed by atoms with E-state index in [1.165, 1.54) is 0 Å². The molecule has 0 spiro atoms. The quantitative estimate of drug-likeness (QED) is 0.716. The minimum atomic E-state index is -1.04. The molecule has 2 aromatic carbocycles. The van der Waals surface area contributed by atoms with Crippen molar-refractivity contribution < 1.29 is 14.4 Å². The maximum atomic E-state index is 13.0. The molecule has 1 heterocycles. The van der Waals surface area contributed by atoms with Crippen molar-refractivity contribution in [2.24, 2.45) is 11.7 Å². The van der Waals surface area contributed by atoms with Crippen molar-refractivity contribution in [2.45, 2.75) is 31.8 Å². The molecule has 3 N–H and O–H groups in total. The van der Waals surface area contributed by atoms with Crippen LogP contribution in [-0.2, 0) is 20.8 Å². The van der Waals surface area contributed by atoms with E-state index >= 15 is 0 Å². The van der Waals surface area contributed by atoms with E-state index in [2.05, 4.69) is 12.2 Å². The first kappa shape index (κ1) is 19.6. The Kier molecular flexibility index (Phi) is 6.09. The van der Waals surface area contributed by atoms with Crippen LogP contribution in [0.1, 0.15) is 18.9 Å². The van der Waals surface area contributed by atoms with Gasteiger partial charge in [-0.3, -0.25) is 14.4 Å². The minimum Gasteiger partial charge on any atom is -0.363 e. The lowest BCUT2D eigenvalue weighted by atomic mass is 10.0. The molecular formula is C22H25N3O3. The smallest absolute Gasteiger partial charge is 0.287 e. The summed E-state index contributed by atoms with van der Waals surface area (Å²) in [5.74, 6) is -1.74. The average Bonchev–Trinajstić information content (AvgIpc) is 3.10. The molecule has 0 aliphatic carbocycles. The van der Waals surface area contributed by atoms with Crippen molar-refractivity contribution in [1.29, 1.82) is 0 Å². The van der Waals surface area contributed by atoms with Crippen molar-refractivity contribution in [3.05, 3.63) is 66.2 Å². The molecule has 0 aromatic heterocycles. The number of anilines is 1. The van der Waals surface area contributed by atoms with Gasteiger partial charge in [0.05, 0.1) is 0 Å². The van der Waals surface area contributed by atoms with Gasteiger partial charge in [0.1, 0.15) is 12.1 Å². The number of amides is 2. The number of rotatable bonds is 7. The van der Waals surface area contributed by atoms with E-state index in [1.54, 1.807) is 0 Å². The van der Waals surface area contributed by atoms with Gasteiger partial charge < -0.3 is 16.0 Å². The van der Waals surface area contributed by atoms with Crippen LogP contribution >= 0.6 is 0 Å². The lowest BCUT2D eigenvalue weighted by molar-refractivity contribution is -0.138. The van der Waals surface area contributed by atoms with Crippen molar-refractivity contribution in [3.63, 3.8) is 0 Å². The van der Waals surface area contributed by atoms with Gasteiger partial charge in [-0.25, -0.2) is 0 Å². The third-order valence-corrected chi connectivity index (χ3v) is 5.06. The Hall–Kier alpha value is -3.15. The normalized spacial score (nSPS) is 19.8. The van der Waals surface area contributed by atoms with Crippen LogP contribution in [0.3, 0.4) is 0 Å². The fourth-order valence-electron chi connectivity index (χ4n) is 3.70. The number of carbonyl (C=O) groups is 3. The zero-order valence-corrected chi connectivity index (χ0v) is 15.9.